The molecule has 1 N–H and O–H groups in total. The van der Waals surface area contributed by atoms with Gasteiger partial charge in [-0.3, -0.25) is 0 Å². The van der Waals surface area contributed by atoms with Crippen molar-refractivity contribution >= 4 is 0 Å². The largest absolute Gasteiger partial charge is 0.381 e. The number of ether oxygens (including phenoxy) is 1. The smallest absolute Gasteiger partial charge is 0.0601 e. The molecule has 0 radical (unpaired) electrons. The van der Waals surface area contributed by atoms with Crippen molar-refractivity contribution in [3.63, 3.8) is 0 Å². The van der Waals surface area contributed by atoms with Gasteiger partial charge in [0.25, 0.3) is 0 Å². The molecule has 2 nitrogen and oxygen atoms in total. The molecule has 0 aliphatic heterocycles. The average molecular weight is 219 g/mol. The SMILES string of the molecule is COC1CC(NCc2cc(C)ccc2C)C1. The molecule has 88 valence electrons. The standard InChI is InChI=1S/C14H21NO/c1-10-4-5-11(2)12(6-10)9-15-13-7-14(8-13)16-3/h4-6,13-15H,7-9H2,1-3H3. The second-order valence-electron chi connectivity index (χ2n) is 4.84. The van der Waals surface area contributed by atoms with Gasteiger partial charge >= 0.3 is 0 Å². The lowest BCUT2D eigenvalue weighted by atomic mass is 9.89. The molecule has 0 saturated heterocycles. The second-order valence-corrected chi connectivity index (χ2v) is 4.84. The van der Waals surface area contributed by atoms with E-state index in [1.807, 2.05) is 0 Å². The molecule has 2 heteroatoms. The third-order valence-corrected chi connectivity index (χ3v) is 3.51. The van der Waals surface area contributed by atoms with E-state index in [0.717, 1.165) is 19.4 Å². The first-order valence-corrected chi connectivity index (χ1v) is 6.01. The lowest BCUT2D eigenvalue weighted by molar-refractivity contribution is 0.0170. The van der Waals surface area contributed by atoms with Crippen molar-refractivity contribution in [1.82, 2.24) is 5.32 Å². The second kappa shape index (κ2) is 4.98. The molecule has 0 spiro atoms. The minimum atomic E-state index is 0.483. The maximum atomic E-state index is 5.27. The van der Waals surface area contributed by atoms with Gasteiger partial charge in [0.1, 0.15) is 0 Å². The van der Waals surface area contributed by atoms with E-state index in [0.29, 0.717) is 12.1 Å². The molecule has 0 aromatic heterocycles. The van der Waals surface area contributed by atoms with Crippen LogP contribution in [0.3, 0.4) is 0 Å². The van der Waals surface area contributed by atoms with Crippen molar-refractivity contribution in [2.24, 2.45) is 0 Å². The summed E-state index contributed by atoms with van der Waals surface area (Å²) in [7, 11) is 1.80. The predicted molar refractivity (Wildman–Crippen MR) is 66.6 cm³/mol. The minimum Gasteiger partial charge on any atom is -0.381 e. The van der Waals surface area contributed by atoms with Gasteiger partial charge in [-0.1, -0.05) is 23.8 Å². The first kappa shape index (κ1) is 11.6. The zero-order chi connectivity index (χ0) is 11.5. The van der Waals surface area contributed by atoms with Gasteiger partial charge < -0.3 is 10.1 Å². The van der Waals surface area contributed by atoms with Crippen LogP contribution in [0, 0.1) is 13.8 Å². The zero-order valence-electron chi connectivity index (χ0n) is 10.4. The Bertz CT molecular complexity index is 356. The minimum absolute atomic E-state index is 0.483. The van der Waals surface area contributed by atoms with Crippen LogP contribution in [0.4, 0.5) is 0 Å². The van der Waals surface area contributed by atoms with Crippen LogP contribution >= 0.6 is 0 Å². The monoisotopic (exact) mass is 219 g/mol. The molecule has 1 aromatic rings. The first-order valence-electron chi connectivity index (χ1n) is 6.01. The summed E-state index contributed by atoms with van der Waals surface area (Å²) >= 11 is 0. The highest BCUT2D eigenvalue weighted by Crippen LogP contribution is 2.23. The van der Waals surface area contributed by atoms with E-state index in [2.05, 4.69) is 37.4 Å². The van der Waals surface area contributed by atoms with Crippen LogP contribution < -0.4 is 5.32 Å². The van der Waals surface area contributed by atoms with E-state index < -0.39 is 0 Å². The van der Waals surface area contributed by atoms with Crippen LogP contribution in [0.15, 0.2) is 18.2 Å². The number of aryl methyl sites for hydroxylation is 2. The third-order valence-electron chi connectivity index (χ3n) is 3.51. The van der Waals surface area contributed by atoms with E-state index in [-0.39, 0.29) is 0 Å². The fraction of sp³-hybridized carbons (Fsp3) is 0.571. The van der Waals surface area contributed by atoms with Crippen LogP contribution in [0.1, 0.15) is 29.5 Å². The Morgan fingerprint density at radius 2 is 2.06 bits per heavy atom. The van der Waals surface area contributed by atoms with Gasteiger partial charge in [0.2, 0.25) is 0 Å². The van der Waals surface area contributed by atoms with Crippen molar-refractivity contribution in [1.29, 1.82) is 0 Å². The van der Waals surface area contributed by atoms with Crippen molar-refractivity contribution in [3.05, 3.63) is 34.9 Å². The number of benzene rings is 1. The maximum absolute atomic E-state index is 5.27. The molecule has 0 unspecified atom stereocenters. The maximum Gasteiger partial charge on any atom is 0.0601 e. The van der Waals surface area contributed by atoms with Crippen molar-refractivity contribution < 1.29 is 4.74 Å². The Labute approximate surface area is 98.0 Å². The highest BCUT2D eigenvalue weighted by atomic mass is 16.5. The predicted octanol–water partition coefficient (Wildman–Crippen LogP) is 2.57. The Morgan fingerprint density at radius 1 is 1.31 bits per heavy atom. The quantitative estimate of drug-likeness (QED) is 0.840. The summed E-state index contributed by atoms with van der Waals surface area (Å²) in [5, 5.41) is 3.59. The van der Waals surface area contributed by atoms with Gasteiger partial charge in [0, 0.05) is 19.7 Å². The lowest BCUT2D eigenvalue weighted by Crippen LogP contribution is -2.44. The number of nitrogens with one attached hydrogen (secondary N) is 1. The molecular weight excluding hydrogens is 198 g/mol. The van der Waals surface area contributed by atoms with Gasteiger partial charge in [0.05, 0.1) is 6.10 Å². The Kier molecular flexibility index (Phi) is 3.62. The molecule has 1 saturated carbocycles. The molecule has 1 aliphatic carbocycles. The summed E-state index contributed by atoms with van der Waals surface area (Å²) in [5.74, 6) is 0. The van der Waals surface area contributed by atoms with Crippen LogP contribution in [0.2, 0.25) is 0 Å². The molecule has 0 heterocycles. The van der Waals surface area contributed by atoms with Crippen molar-refractivity contribution in [2.45, 2.75) is 45.4 Å². The molecule has 2 rings (SSSR count). The molecule has 1 fully saturated rings. The summed E-state index contributed by atoms with van der Waals surface area (Å²) in [6, 6.07) is 7.29. The Morgan fingerprint density at radius 3 is 2.75 bits per heavy atom. The van der Waals surface area contributed by atoms with Gasteiger partial charge in [-0.2, -0.15) is 0 Å². The first-order chi connectivity index (χ1) is 7.69. The van der Waals surface area contributed by atoms with Gasteiger partial charge in [-0.25, -0.2) is 0 Å². The van der Waals surface area contributed by atoms with Crippen molar-refractivity contribution in [3.8, 4) is 0 Å². The van der Waals surface area contributed by atoms with Gasteiger partial charge in [-0.05, 0) is 37.8 Å². The molecular formula is C14H21NO. The van der Waals surface area contributed by atoms with Gasteiger partial charge in [-0.15, -0.1) is 0 Å². The normalized spacial score (nSPS) is 24.2. The summed E-state index contributed by atoms with van der Waals surface area (Å²) in [4.78, 5) is 0. The molecule has 0 amide bonds. The van der Waals surface area contributed by atoms with E-state index in [9.17, 15) is 0 Å². The number of hydrogen-bond acceptors (Lipinski definition) is 2. The van der Waals surface area contributed by atoms with E-state index in [4.69, 9.17) is 4.74 Å². The summed E-state index contributed by atoms with van der Waals surface area (Å²) < 4.78 is 5.27. The topological polar surface area (TPSA) is 21.3 Å². The van der Waals surface area contributed by atoms with Crippen LogP contribution in [-0.4, -0.2) is 19.3 Å². The third kappa shape index (κ3) is 2.63. The highest BCUT2D eigenvalue weighted by Gasteiger charge is 2.28. The van der Waals surface area contributed by atoms with Gasteiger partial charge in [0.15, 0.2) is 0 Å². The van der Waals surface area contributed by atoms with E-state index in [1.165, 1.54) is 16.7 Å². The summed E-state index contributed by atoms with van der Waals surface area (Å²) in [5.41, 5.74) is 4.13. The lowest BCUT2D eigenvalue weighted by Gasteiger charge is -2.35. The Balaban J connectivity index is 1.83. The highest BCUT2D eigenvalue weighted by molar-refractivity contribution is 5.30. The average Bonchev–Trinajstić information content (AvgIpc) is 2.21. The molecule has 16 heavy (non-hydrogen) atoms. The fourth-order valence-corrected chi connectivity index (χ4v) is 2.17. The van der Waals surface area contributed by atoms with Crippen LogP contribution in [0.5, 0.6) is 0 Å². The summed E-state index contributed by atoms with van der Waals surface area (Å²) in [6.45, 7) is 5.30. The number of hydrogen-bond donors (Lipinski definition) is 1. The molecule has 1 aromatic carbocycles. The molecule has 0 bridgehead atoms. The van der Waals surface area contributed by atoms with Crippen LogP contribution in [-0.2, 0) is 11.3 Å². The zero-order valence-corrected chi connectivity index (χ0v) is 10.4. The van der Waals surface area contributed by atoms with E-state index in [1.54, 1.807) is 7.11 Å². The Hall–Kier alpha value is -0.860. The van der Waals surface area contributed by atoms with E-state index >= 15 is 0 Å². The van der Waals surface area contributed by atoms with Crippen LogP contribution in [0.25, 0.3) is 0 Å². The number of methoxy groups -OCH3 is 1. The fourth-order valence-electron chi connectivity index (χ4n) is 2.17. The van der Waals surface area contributed by atoms with Crippen molar-refractivity contribution in [2.75, 3.05) is 7.11 Å². The summed E-state index contributed by atoms with van der Waals surface area (Å²) in [6.07, 6.45) is 2.79. The molecule has 1 aliphatic rings. The molecule has 0 atom stereocenters. The number of rotatable bonds is 4.